The highest BCUT2D eigenvalue weighted by Gasteiger charge is 2.12. The quantitative estimate of drug-likeness (QED) is 0.663. The Morgan fingerprint density at radius 2 is 2.06 bits per heavy atom. The standard InChI is InChI=1S/C10H10N4OS3/c1-16-9-13-14-10(18-9)17-6-4-2-3-5(7(6)11)8(12)15/h2-4H,11H2,1H3,(H2,12,15). The molecule has 1 heterocycles. The van der Waals surface area contributed by atoms with Crippen LogP contribution in [0.3, 0.4) is 0 Å². The van der Waals surface area contributed by atoms with Crippen LogP contribution in [0.25, 0.3) is 0 Å². The lowest BCUT2D eigenvalue weighted by molar-refractivity contribution is 0.100. The topological polar surface area (TPSA) is 94.9 Å². The molecular formula is C10H10N4OS3. The van der Waals surface area contributed by atoms with Crippen LogP contribution in [0.4, 0.5) is 5.69 Å². The number of primary amides is 1. The van der Waals surface area contributed by atoms with Crippen LogP contribution in [0.2, 0.25) is 0 Å². The maximum Gasteiger partial charge on any atom is 0.250 e. The molecule has 8 heteroatoms. The highest BCUT2D eigenvalue weighted by Crippen LogP contribution is 2.36. The maximum atomic E-state index is 11.2. The van der Waals surface area contributed by atoms with Gasteiger partial charge < -0.3 is 11.5 Å². The third-order valence-corrected chi connectivity index (χ3v) is 5.12. The maximum absolute atomic E-state index is 11.2. The number of benzene rings is 1. The van der Waals surface area contributed by atoms with E-state index in [0.717, 1.165) is 13.6 Å². The fourth-order valence-corrected chi connectivity index (χ4v) is 3.74. The summed E-state index contributed by atoms with van der Waals surface area (Å²) in [7, 11) is 0. The van der Waals surface area contributed by atoms with Gasteiger partial charge in [-0.1, -0.05) is 40.9 Å². The fraction of sp³-hybridized carbons (Fsp3) is 0.100. The summed E-state index contributed by atoms with van der Waals surface area (Å²) in [6, 6.07) is 5.18. The van der Waals surface area contributed by atoms with Crippen molar-refractivity contribution in [2.75, 3.05) is 12.0 Å². The van der Waals surface area contributed by atoms with Gasteiger partial charge in [0.1, 0.15) is 0 Å². The molecule has 0 saturated heterocycles. The summed E-state index contributed by atoms with van der Waals surface area (Å²) in [6.45, 7) is 0. The number of nitrogens with two attached hydrogens (primary N) is 2. The molecule has 0 spiro atoms. The van der Waals surface area contributed by atoms with Gasteiger partial charge >= 0.3 is 0 Å². The van der Waals surface area contributed by atoms with Crippen LogP contribution >= 0.6 is 34.9 Å². The number of nitrogens with zero attached hydrogens (tertiary/aromatic N) is 2. The molecule has 1 amide bonds. The number of thioether (sulfide) groups is 1. The molecule has 0 bridgehead atoms. The zero-order valence-electron chi connectivity index (χ0n) is 9.41. The summed E-state index contributed by atoms with van der Waals surface area (Å²) >= 11 is 4.40. The number of hydrogen-bond acceptors (Lipinski definition) is 7. The Morgan fingerprint density at radius 1 is 1.33 bits per heavy atom. The van der Waals surface area contributed by atoms with Gasteiger partial charge in [-0.3, -0.25) is 4.79 Å². The van der Waals surface area contributed by atoms with E-state index in [1.54, 1.807) is 12.1 Å². The molecule has 0 radical (unpaired) electrons. The van der Waals surface area contributed by atoms with Gasteiger partial charge in [0.2, 0.25) is 0 Å². The minimum absolute atomic E-state index is 0.328. The van der Waals surface area contributed by atoms with Gasteiger partial charge in [0.25, 0.3) is 5.91 Å². The van der Waals surface area contributed by atoms with Crippen LogP contribution in [0, 0.1) is 0 Å². The number of anilines is 1. The van der Waals surface area contributed by atoms with Crippen LogP contribution in [-0.4, -0.2) is 22.4 Å². The molecule has 1 aromatic carbocycles. The van der Waals surface area contributed by atoms with Crippen molar-refractivity contribution >= 4 is 46.5 Å². The predicted octanol–water partition coefficient (Wildman–Crippen LogP) is 2.09. The summed E-state index contributed by atoms with van der Waals surface area (Å²) in [5, 5.41) is 8.03. The van der Waals surface area contributed by atoms with Crippen molar-refractivity contribution in [1.82, 2.24) is 10.2 Å². The van der Waals surface area contributed by atoms with Crippen molar-refractivity contribution in [1.29, 1.82) is 0 Å². The van der Waals surface area contributed by atoms with Gasteiger partial charge in [-0.25, -0.2) is 0 Å². The van der Waals surface area contributed by atoms with E-state index >= 15 is 0 Å². The lowest BCUT2D eigenvalue weighted by Crippen LogP contribution is -2.13. The van der Waals surface area contributed by atoms with E-state index in [2.05, 4.69) is 10.2 Å². The van der Waals surface area contributed by atoms with Crippen molar-refractivity contribution < 1.29 is 4.79 Å². The highest BCUT2D eigenvalue weighted by atomic mass is 32.2. The van der Waals surface area contributed by atoms with Crippen molar-refractivity contribution in [2.24, 2.45) is 5.73 Å². The first-order valence-corrected chi connectivity index (χ1v) is 7.71. The summed E-state index contributed by atoms with van der Waals surface area (Å²) in [6.07, 6.45) is 1.94. The zero-order chi connectivity index (χ0) is 13.1. The number of hydrogen-bond donors (Lipinski definition) is 2. The molecule has 0 fully saturated rings. The number of carbonyl (C=O) groups excluding carboxylic acids is 1. The number of nitrogen functional groups attached to an aromatic ring is 1. The average molecular weight is 298 g/mol. The van der Waals surface area contributed by atoms with E-state index in [-0.39, 0.29) is 0 Å². The molecule has 0 saturated carbocycles. The summed E-state index contributed by atoms with van der Waals surface area (Å²) in [4.78, 5) is 11.9. The van der Waals surface area contributed by atoms with Gasteiger partial charge in [0.15, 0.2) is 8.68 Å². The van der Waals surface area contributed by atoms with E-state index in [9.17, 15) is 4.79 Å². The van der Waals surface area contributed by atoms with E-state index in [0.29, 0.717) is 11.3 Å². The smallest absolute Gasteiger partial charge is 0.250 e. The SMILES string of the molecule is CSc1nnc(Sc2cccc(C(N)=O)c2N)s1. The Labute approximate surface area is 116 Å². The van der Waals surface area contributed by atoms with Gasteiger partial charge in [0, 0.05) is 4.90 Å². The summed E-state index contributed by atoms with van der Waals surface area (Å²) in [5.41, 5.74) is 11.9. The van der Waals surface area contributed by atoms with Gasteiger partial charge in [0.05, 0.1) is 11.3 Å². The Balaban J connectivity index is 2.29. The fourth-order valence-electron chi connectivity index (χ4n) is 1.26. The Bertz CT molecular complexity index is 584. The Morgan fingerprint density at radius 3 is 2.67 bits per heavy atom. The van der Waals surface area contributed by atoms with Gasteiger partial charge in [-0.15, -0.1) is 10.2 Å². The Hall–Kier alpha value is -1.25. The normalized spacial score (nSPS) is 10.5. The highest BCUT2D eigenvalue weighted by molar-refractivity contribution is 8.03. The largest absolute Gasteiger partial charge is 0.397 e. The number of rotatable bonds is 4. The molecule has 2 aromatic rings. The minimum atomic E-state index is -0.531. The average Bonchev–Trinajstić information content (AvgIpc) is 2.79. The van der Waals surface area contributed by atoms with Crippen LogP contribution in [0.5, 0.6) is 0 Å². The number of amides is 1. The second-order valence-corrected chi connectivity index (χ2v) is 6.54. The molecule has 0 aliphatic carbocycles. The van der Waals surface area contributed by atoms with E-state index in [1.807, 2.05) is 12.3 Å². The molecule has 5 nitrogen and oxygen atoms in total. The van der Waals surface area contributed by atoms with Crippen LogP contribution < -0.4 is 11.5 Å². The zero-order valence-corrected chi connectivity index (χ0v) is 11.9. The van der Waals surface area contributed by atoms with Crippen LogP contribution in [-0.2, 0) is 0 Å². The van der Waals surface area contributed by atoms with Crippen LogP contribution in [0.1, 0.15) is 10.4 Å². The second-order valence-electron chi connectivity index (χ2n) is 3.22. The Kier molecular flexibility index (Phi) is 4.10. The molecule has 94 valence electrons. The third-order valence-electron chi connectivity index (χ3n) is 2.09. The number of para-hydroxylation sites is 1. The number of carbonyl (C=O) groups is 1. The molecule has 0 aliphatic rings. The first-order valence-electron chi connectivity index (χ1n) is 4.85. The second kappa shape index (κ2) is 5.59. The van der Waals surface area contributed by atoms with Gasteiger partial charge in [-0.2, -0.15) is 0 Å². The van der Waals surface area contributed by atoms with Crippen molar-refractivity contribution in [2.45, 2.75) is 13.6 Å². The first-order chi connectivity index (χ1) is 8.61. The van der Waals surface area contributed by atoms with Crippen LogP contribution in [0.15, 0.2) is 31.8 Å². The molecule has 2 rings (SSSR count). The van der Waals surface area contributed by atoms with E-state index < -0.39 is 5.91 Å². The van der Waals surface area contributed by atoms with E-state index in [4.69, 9.17) is 11.5 Å². The van der Waals surface area contributed by atoms with Crippen molar-refractivity contribution in [3.8, 4) is 0 Å². The minimum Gasteiger partial charge on any atom is -0.397 e. The monoisotopic (exact) mass is 298 g/mol. The summed E-state index contributed by atoms with van der Waals surface area (Å²) in [5.74, 6) is -0.531. The number of aromatic nitrogens is 2. The lowest BCUT2D eigenvalue weighted by atomic mass is 10.2. The summed E-state index contributed by atoms with van der Waals surface area (Å²) < 4.78 is 1.68. The molecule has 4 N–H and O–H groups in total. The molecule has 0 atom stereocenters. The molecule has 1 aromatic heterocycles. The molecule has 0 aliphatic heterocycles. The lowest BCUT2D eigenvalue weighted by Gasteiger charge is -2.06. The third kappa shape index (κ3) is 2.77. The van der Waals surface area contributed by atoms with E-state index in [1.165, 1.54) is 34.9 Å². The van der Waals surface area contributed by atoms with Crippen molar-refractivity contribution in [3.05, 3.63) is 23.8 Å². The van der Waals surface area contributed by atoms with Crippen molar-refractivity contribution in [3.63, 3.8) is 0 Å². The molecule has 0 unspecified atom stereocenters. The predicted molar refractivity (Wildman–Crippen MR) is 75.2 cm³/mol. The first kappa shape index (κ1) is 13.2. The van der Waals surface area contributed by atoms with Gasteiger partial charge in [-0.05, 0) is 18.4 Å². The molecular weight excluding hydrogens is 288 g/mol. The molecule has 18 heavy (non-hydrogen) atoms.